The lowest BCUT2D eigenvalue weighted by atomic mass is 9.98. The number of nitrogens with one attached hydrogen (secondary N) is 1. The molecule has 106 valence electrons. The molecule has 0 fully saturated rings. The standard InChI is InChI=1S/C13H9Cl2F3N2/c14-8-3-1-2-6(10(8)15)13(20-19)7-4-5-9(16)12(18)11(7)17/h1-5,13,20H,19H2. The van der Waals surface area contributed by atoms with Gasteiger partial charge in [-0.05, 0) is 17.7 Å². The molecule has 1 unspecified atom stereocenters. The third-order valence-corrected chi connectivity index (χ3v) is 3.67. The van der Waals surface area contributed by atoms with Crippen LogP contribution in [0.1, 0.15) is 17.2 Å². The maximum Gasteiger partial charge on any atom is 0.194 e. The van der Waals surface area contributed by atoms with Crippen molar-refractivity contribution in [2.45, 2.75) is 6.04 Å². The number of hydrogen-bond donors (Lipinski definition) is 2. The molecule has 0 radical (unpaired) electrons. The van der Waals surface area contributed by atoms with Gasteiger partial charge in [0.15, 0.2) is 17.5 Å². The van der Waals surface area contributed by atoms with Crippen LogP contribution in [-0.2, 0) is 0 Å². The van der Waals surface area contributed by atoms with Gasteiger partial charge in [0.05, 0.1) is 16.1 Å². The molecule has 0 spiro atoms. The zero-order valence-corrected chi connectivity index (χ0v) is 11.4. The fourth-order valence-corrected chi connectivity index (χ4v) is 2.27. The SMILES string of the molecule is NNC(c1ccc(F)c(F)c1F)c1cccc(Cl)c1Cl. The van der Waals surface area contributed by atoms with Crippen LogP contribution in [0.5, 0.6) is 0 Å². The number of nitrogens with two attached hydrogens (primary N) is 1. The van der Waals surface area contributed by atoms with Crippen LogP contribution in [0.2, 0.25) is 10.0 Å². The first-order chi connectivity index (χ1) is 9.47. The van der Waals surface area contributed by atoms with Crippen LogP contribution in [0.3, 0.4) is 0 Å². The molecule has 2 nitrogen and oxygen atoms in total. The fourth-order valence-electron chi connectivity index (χ4n) is 1.85. The van der Waals surface area contributed by atoms with Gasteiger partial charge in [-0.25, -0.2) is 18.6 Å². The van der Waals surface area contributed by atoms with E-state index < -0.39 is 23.5 Å². The maximum atomic E-state index is 13.8. The molecule has 7 heteroatoms. The van der Waals surface area contributed by atoms with Gasteiger partial charge in [0.25, 0.3) is 0 Å². The lowest BCUT2D eigenvalue weighted by Crippen LogP contribution is -2.30. The topological polar surface area (TPSA) is 38.0 Å². The van der Waals surface area contributed by atoms with E-state index in [0.717, 1.165) is 12.1 Å². The van der Waals surface area contributed by atoms with Crippen molar-refractivity contribution in [3.63, 3.8) is 0 Å². The molecule has 0 aromatic heterocycles. The van der Waals surface area contributed by atoms with Gasteiger partial charge in [0.1, 0.15) is 0 Å². The number of rotatable bonds is 3. The van der Waals surface area contributed by atoms with Crippen molar-refractivity contribution in [3.8, 4) is 0 Å². The van der Waals surface area contributed by atoms with Gasteiger partial charge in [-0.15, -0.1) is 0 Å². The average molecular weight is 321 g/mol. The first-order valence-electron chi connectivity index (χ1n) is 5.50. The normalized spacial score (nSPS) is 12.5. The van der Waals surface area contributed by atoms with Gasteiger partial charge in [-0.1, -0.05) is 41.4 Å². The van der Waals surface area contributed by atoms with Gasteiger partial charge in [-0.3, -0.25) is 5.84 Å². The Bertz CT molecular complexity index is 650. The van der Waals surface area contributed by atoms with Crippen LogP contribution in [0.4, 0.5) is 13.2 Å². The van der Waals surface area contributed by atoms with Gasteiger partial charge >= 0.3 is 0 Å². The molecular weight excluding hydrogens is 312 g/mol. The molecule has 0 bridgehead atoms. The predicted octanol–water partition coefficient (Wildman–Crippen LogP) is 3.96. The summed E-state index contributed by atoms with van der Waals surface area (Å²) in [5.74, 6) is 1.20. The molecule has 0 aliphatic carbocycles. The molecule has 0 aliphatic heterocycles. The summed E-state index contributed by atoms with van der Waals surface area (Å²) in [6, 6.07) is 5.64. The zero-order valence-electron chi connectivity index (χ0n) is 9.93. The highest BCUT2D eigenvalue weighted by molar-refractivity contribution is 6.42. The highest BCUT2D eigenvalue weighted by atomic mass is 35.5. The molecular formula is C13H9Cl2F3N2. The van der Waals surface area contributed by atoms with Crippen LogP contribution < -0.4 is 11.3 Å². The molecule has 2 aromatic rings. The molecule has 2 rings (SSSR count). The van der Waals surface area contributed by atoms with Crippen molar-refractivity contribution in [3.05, 3.63) is 69.0 Å². The van der Waals surface area contributed by atoms with Crippen molar-refractivity contribution < 1.29 is 13.2 Å². The quantitative estimate of drug-likeness (QED) is 0.510. The third kappa shape index (κ3) is 2.62. The molecule has 0 heterocycles. The first-order valence-corrected chi connectivity index (χ1v) is 6.26. The van der Waals surface area contributed by atoms with Crippen LogP contribution in [0.25, 0.3) is 0 Å². The molecule has 1 atom stereocenters. The summed E-state index contributed by atoms with van der Waals surface area (Å²) in [5.41, 5.74) is 2.50. The third-order valence-electron chi connectivity index (χ3n) is 2.84. The van der Waals surface area contributed by atoms with E-state index in [1.54, 1.807) is 18.2 Å². The molecule has 0 aliphatic rings. The summed E-state index contributed by atoms with van der Waals surface area (Å²) in [4.78, 5) is 0. The van der Waals surface area contributed by atoms with Crippen LogP contribution >= 0.6 is 23.2 Å². The Morgan fingerprint density at radius 1 is 0.950 bits per heavy atom. The Kier molecular flexibility index (Phi) is 4.55. The van der Waals surface area contributed by atoms with E-state index in [2.05, 4.69) is 5.43 Å². The van der Waals surface area contributed by atoms with Gasteiger partial charge in [0.2, 0.25) is 0 Å². The Labute approximate surface area is 123 Å². The summed E-state index contributed by atoms with van der Waals surface area (Å²) >= 11 is 11.9. The number of benzene rings is 2. The van der Waals surface area contributed by atoms with E-state index in [9.17, 15) is 13.2 Å². The lowest BCUT2D eigenvalue weighted by molar-refractivity contribution is 0.433. The minimum Gasteiger partial charge on any atom is -0.271 e. The summed E-state index contributed by atoms with van der Waals surface area (Å²) in [6.45, 7) is 0. The molecule has 3 N–H and O–H groups in total. The van der Waals surface area contributed by atoms with E-state index in [-0.39, 0.29) is 15.6 Å². The predicted molar refractivity (Wildman–Crippen MR) is 71.9 cm³/mol. The van der Waals surface area contributed by atoms with Crippen LogP contribution in [0, 0.1) is 17.5 Å². The molecule has 0 amide bonds. The zero-order chi connectivity index (χ0) is 14.9. The monoisotopic (exact) mass is 320 g/mol. The summed E-state index contributed by atoms with van der Waals surface area (Å²) < 4.78 is 40.1. The highest BCUT2D eigenvalue weighted by Gasteiger charge is 2.23. The largest absolute Gasteiger partial charge is 0.271 e. The van der Waals surface area contributed by atoms with E-state index >= 15 is 0 Å². The Balaban J connectivity index is 2.59. The average Bonchev–Trinajstić information content (AvgIpc) is 2.44. The van der Waals surface area contributed by atoms with Crippen molar-refractivity contribution in [2.75, 3.05) is 0 Å². The number of hydrazine groups is 1. The Morgan fingerprint density at radius 3 is 2.30 bits per heavy atom. The minimum atomic E-state index is -1.57. The van der Waals surface area contributed by atoms with Crippen LogP contribution in [0.15, 0.2) is 30.3 Å². The van der Waals surface area contributed by atoms with E-state index in [1.165, 1.54) is 0 Å². The number of halogens is 5. The summed E-state index contributed by atoms with van der Waals surface area (Å²) in [6.07, 6.45) is 0. The molecule has 20 heavy (non-hydrogen) atoms. The maximum absolute atomic E-state index is 13.8. The van der Waals surface area contributed by atoms with Crippen molar-refractivity contribution in [1.29, 1.82) is 0 Å². The Morgan fingerprint density at radius 2 is 1.65 bits per heavy atom. The molecule has 0 saturated heterocycles. The minimum absolute atomic E-state index is 0.154. The van der Waals surface area contributed by atoms with E-state index in [1.807, 2.05) is 0 Å². The Hall–Kier alpha value is -1.27. The second-order valence-electron chi connectivity index (χ2n) is 4.01. The smallest absolute Gasteiger partial charge is 0.194 e. The van der Waals surface area contributed by atoms with Crippen LogP contribution in [-0.4, -0.2) is 0 Å². The van der Waals surface area contributed by atoms with E-state index in [4.69, 9.17) is 29.0 Å². The van der Waals surface area contributed by atoms with Crippen molar-refractivity contribution in [2.24, 2.45) is 5.84 Å². The van der Waals surface area contributed by atoms with Crippen molar-refractivity contribution in [1.82, 2.24) is 5.43 Å². The second kappa shape index (κ2) is 6.01. The molecule has 0 saturated carbocycles. The number of hydrogen-bond acceptors (Lipinski definition) is 2. The highest BCUT2D eigenvalue weighted by Crippen LogP contribution is 2.34. The van der Waals surface area contributed by atoms with Gasteiger partial charge in [0, 0.05) is 5.56 Å². The summed E-state index contributed by atoms with van der Waals surface area (Å²) in [5, 5.41) is 0.397. The lowest BCUT2D eigenvalue weighted by Gasteiger charge is -2.19. The first kappa shape index (κ1) is 15.1. The van der Waals surface area contributed by atoms with Crippen molar-refractivity contribution >= 4 is 23.2 Å². The summed E-state index contributed by atoms with van der Waals surface area (Å²) in [7, 11) is 0. The van der Waals surface area contributed by atoms with Gasteiger partial charge < -0.3 is 0 Å². The fraction of sp³-hybridized carbons (Fsp3) is 0.0769. The van der Waals surface area contributed by atoms with Gasteiger partial charge in [-0.2, -0.15) is 0 Å². The van der Waals surface area contributed by atoms with E-state index in [0.29, 0.717) is 5.56 Å². The second-order valence-corrected chi connectivity index (χ2v) is 4.79. The molecule has 2 aromatic carbocycles.